The summed E-state index contributed by atoms with van der Waals surface area (Å²) in [6.07, 6.45) is 0.298. The summed E-state index contributed by atoms with van der Waals surface area (Å²) in [5.74, 6) is 0.595. The van der Waals surface area contributed by atoms with Crippen LogP contribution in [0.2, 0.25) is 0 Å². The molecule has 0 saturated carbocycles. The first-order valence-corrected chi connectivity index (χ1v) is 4.10. The smallest absolute Gasteiger partial charge is 0.198 e. The summed E-state index contributed by atoms with van der Waals surface area (Å²) in [6, 6.07) is 2.23. The van der Waals surface area contributed by atoms with Gasteiger partial charge in [0.2, 0.25) is 0 Å². The summed E-state index contributed by atoms with van der Waals surface area (Å²) < 4.78 is 5.26. The third kappa shape index (κ3) is 1.97. The molecule has 1 heterocycles. The van der Waals surface area contributed by atoms with E-state index in [2.05, 4.69) is 25.8 Å². The molecule has 0 aliphatic carbocycles. The molecule has 0 fully saturated rings. The number of hydrogen-bond acceptors (Lipinski definition) is 3. The van der Waals surface area contributed by atoms with Crippen LogP contribution >= 0.6 is 0 Å². The molecule has 1 aliphatic rings. The number of hydrogen-bond donors (Lipinski definition) is 0. The van der Waals surface area contributed by atoms with Crippen LogP contribution in [-0.2, 0) is 4.74 Å². The van der Waals surface area contributed by atoms with Gasteiger partial charge in [-0.1, -0.05) is 20.8 Å². The first-order chi connectivity index (χ1) is 5.54. The van der Waals surface area contributed by atoms with Crippen LogP contribution in [0.4, 0.5) is 0 Å². The summed E-state index contributed by atoms with van der Waals surface area (Å²) in [5, 5.41) is 8.40. The highest BCUT2D eigenvalue weighted by molar-refractivity contribution is 5.79. The maximum absolute atomic E-state index is 8.40. The van der Waals surface area contributed by atoms with Crippen molar-refractivity contribution in [3.63, 3.8) is 0 Å². The number of rotatable bonds is 1. The summed E-state index contributed by atoms with van der Waals surface area (Å²) in [7, 11) is 0. The second-order valence-electron chi connectivity index (χ2n) is 4.05. The summed E-state index contributed by atoms with van der Waals surface area (Å²) in [6.45, 7) is 7.00. The van der Waals surface area contributed by atoms with Crippen LogP contribution in [0.5, 0.6) is 0 Å². The molecule has 0 radical (unpaired) electrons. The molecule has 0 amide bonds. The van der Waals surface area contributed by atoms with Gasteiger partial charge < -0.3 is 4.74 Å². The van der Waals surface area contributed by atoms with Crippen molar-refractivity contribution in [3.05, 3.63) is 0 Å². The van der Waals surface area contributed by atoms with Crippen molar-refractivity contribution in [2.24, 2.45) is 10.4 Å². The molecule has 0 N–H and O–H groups in total. The normalized spacial score (nSPS) is 22.8. The maximum Gasteiger partial charge on any atom is 0.198 e. The highest BCUT2D eigenvalue weighted by atomic mass is 16.5. The topological polar surface area (TPSA) is 45.4 Å². The number of nitrogens with zero attached hydrogens (tertiary/aromatic N) is 2. The van der Waals surface area contributed by atoms with Gasteiger partial charge in [0.25, 0.3) is 0 Å². The Labute approximate surface area is 73.1 Å². The minimum absolute atomic E-state index is 0.136. The highest BCUT2D eigenvalue weighted by Crippen LogP contribution is 2.26. The van der Waals surface area contributed by atoms with E-state index in [0.29, 0.717) is 18.9 Å². The van der Waals surface area contributed by atoms with Crippen LogP contribution in [0, 0.1) is 16.7 Å². The van der Waals surface area contributed by atoms with Gasteiger partial charge in [-0.25, -0.2) is 4.99 Å². The molecule has 0 aromatic rings. The van der Waals surface area contributed by atoms with Crippen LogP contribution in [0.15, 0.2) is 4.99 Å². The van der Waals surface area contributed by atoms with Crippen molar-refractivity contribution in [1.29, 1.82) is 5.26 Å². The summed E-state index contributed by atoms with van der Waals surface area (Å²) in [5.41, 5.74) is 0.136. The van der Waals surface area contributed by atoms with Crippen molar-refractivity contribution in [1.82, 2.24) is 0 Å². The van der Waals surface area contributed by atoms with Gasteiger partial charge in [0.1, 0.15) is 13.0 Å². The van der Waals surface area contributed by atoms with Crippen LogP contribution in [0.25, 0.3) is 0 Å². The zero-order valence-corrected chi connectivity index (χ0v) is 7.79. The molecule has 0 unspecified atom stereocenters. The number of nitriles is 1. The lowest BCUT2D eigenvalue weighted by atomic mass is 9.88. The Bertz CT molecular complexity index is 232. The van der Waals surface area contributed by atoms with Crippen molar-refractivity contribution in [2.45, 2.75) is 33.2 Å². The fourth-order valence-electron chi connectivity index (χ4n) is 1.03. The Morgan fingerprint density at radius 1 is 1.67 bits per heavy atom. The molecule has 0 spiro atoms. The van der Waals surface area contributed by atoms with Gasteiger partial charge in [0.05, 0.1) is 12.1 Å². The zero-order chi connectivity index (χ0) is 9.19. The summed E-state index contributed by atoms with van der Waals surface area (Å²) in [4.78, 5) is 4.32. The minimum atomic E-state index is 0.136. The average Bonchev–Trinajstić information content (AvgIpc) is 2.35. The lowest BCUT2D eigenvalue weighted by Gasteiger charge is -2.21. The molecule has 0 aromatic heterocycles. The van der Waals surface area contributed by atoms with Crippen molar-refractivity contribution in [3.8, 4) is 6.07 Å². The zero-order valence-electron chi connectivity index (χ0n) is 7.79. The quantitative estimate of drug-likeness (QED) is 0.595. The monoisotopic (exact) mass is 166 g/mol. The molecular weight excluding hydrogens is 152 g/mol. The Morgan fingerprint density at radius 2 is 2.33 bits per heavy atom. The van der Waals surface area contributed by atoms with Gasteiger partial charge in [-0.2, -0.15) is 5.26 Å². The molecule has 1 atom stereocenters. The SMILES string of the molecule is CC(C)(C)[C@H]1COC(CC#N)=N1. The van der Waals surface area contributed by atoms with Gasteiger partial charge >= 0.3 is 0 Å². The van der Waals surface area contributed by atoms with Crippen LogP contribution in [-0.4, -0.2) is 18.5 Å². The van der Waals surface area contributed by atoms with Crippen LogP contribution in [0.1, 0.15) is 27.2 Å². The largest absolute Gasteiger partial charge is 0.478 e. The van der Waals surface area contributed by atoms with Gasteiger partial charge in [0, 0.05) is 0 Å². The Kier molecular flexibility index (Phi) is 2.37. The van der Waals surface area contributed by atoms with Gasteiger partial charge in [0.15, 0.2) is 5.90 Å². The van der Waals surface area contributed by atoms with Crippen molar-refractivity contribution in [2.75, 3.05) is 6.61 Å². The van der Waals surface area contributed by atoms with E-state index in [9.17, 15) is 0 Å². The van der Waals surface area contributed by atoms with Gasteiger partial charge in [-0.05, 0) is 5.41 Å². The van der Waals surface area contributed by atoms with E-state index < -0.39 is 0 Å². The average molecular weight is 166 g/mol. The molecule has 0 aromatic carbocycles. The van der Waals surface area contributed by atoms with E-state index in [-0.39, 0.29) is 11.5 Å². The second kappa shape index (κ2) is 3.14. The van der Waals surface area contributed by atoms with Crippen LogP contribution in [0.3, 0.4) is 0 Å². The molecule has 12 heavy (non-hydrogen) atoms. The standard InChI is InChI=1S/C9H14N2O/c1-9(2,3)7-6-12-8(11-7)4-5-10/h7H,4,6H2,1-3H3/t7-/m1/s1. The molecule has 1 aliphatic heterocycles. The molecule has 66 valence electrons. The predicted octanol–water partition coefficient (Wildman–Crippen LogP) is 1.74. The third-order valence-corrected chi connectivity index (χ3v) is 1.94. The molecular formula is C9H14N2O. The van der Waals surface area contributed by atoms with Gasteiger partial charge in [-0.3, -0.25) is 0 Å². The minimum Gasteiger partial charge on any atom is -0.478 e. The maximum atomic E-state index is 8.40. The van der Waals surface area contributed by atoms with E-state index in [4.69, 9.17) is 10.00 Å². The number of ether oxygens (including phenoxy) is 1. The van der Waals surface area contributed by atoms with E-state index in [1.807, 2.05) is 6.07 Å². The van der Waals surface area contributed by atoms with E-state index in [1.165, 1.54) is 0 Å². The van der Waals surface area contributed by atoms with E-state index >= 15 is 0 Å². The van der Waals surface area contributed by atoms with Crippen LogP contribution < -0.4 is 0 Å². The predicted molar refractivity (Wildman–Crippen MR) is 46.9 cm³/mol. The van der Waals surface area contributed by atoms with Crippen molar-refractivity contribution >= 4 is 5.90 Å². The second-order valence-corrected chi connectivity index (χ2v) is 4.05. The van der Waals surface area contributed by atoms with E-state index in [0.717, 1.165) is 0 Å². The lowest BCUT2D eigenvalue weighted by Crippen LogP contribution is -2.25. The molecule has 0 bridgehead atoms. The Balaban J connectivity index is 2.60. The first-order valence-electron chi connectivity index (χ1n) is 4.10. The Hall–Kier alpha value is -1.04. The summed E-state index contributed by atoms with van der Waals surface area (Å²) >= 11 is 0. The molecule has 3 nitrogen and oxygen atoms in total. The Morgan fingerprint density at radius 3 is 2.75 bits per heavy atom. The van der Waals surface area contributed by atoms with Crippen molar-refractivity contribution < 1.29 is 4.74 Å². The third-order valence-electron chi connectivity index (χ3n) is 1.94. The first kappa shape index (κ1) is 9.05. The lowest BCUT2D eigenvalue weighted by molar-refractivity contribution is 0.234. The molecule has 3 heteroatoms. The fraction of sp³-hybridized carbons (Fsp3) is 0.778. The molecule has 1 rings (SSSR count). The fourth-order valence-corrected chi connectivity index (χ4v) is 1.03. The highest BCUT2D eigenvalue weighted by Gasteiger charge is 2.29. The van der Waals surface area contributed by atoms with Gasteiger partial charge in [-0.15, -0.1) is 0 Å². The number of aliphatic imine (C=N–C) groups is 1. The van der Waals surface area contributed by atoms with E-state index in [1.54, 1.807) is 0 Å². The molecule has 0 saturated heterocycles.